The lowest BCUT2D eigenvalue weighted by molar-refractivity contribution is 0.139. The van der Waals surface area contributed by atoms with Crippen LogP contribution in [0.25, 0.3) is 0 Å². The van der Waals surface area contributed by atoms with Crippen molar-refractivity contribution < 1.29 is 10.2 Å². The van der Waals surface area contributed by atoms with Gasteiger partial charge in [0.1, 0.15) is 0 Å². The number of nitrogens with zero attached hydrogens (tertiary/aromatic N) is 1. The number of aliphatic hydroxyl groups excluding tert-OH is 2. The third-order valence-electron chi connectivity index (χ3n) is 5.86. The average Bonchev–Trinajstić information content (AvgIpc) is 3.09. The molecule has 26 heavy (non-hydrogen) atoms. The number of hydrogen-bond donors (Lipinski definition) is 2. The zero-order valence-electron chi connectivity index (χ0n) is 16.9. The van der Waals surface area contributed by atoms with Crippen LogP contribution in [0.3, 0.4) is 0 Å². The molecule has 0 spiro atoms. The molecule has 0 saturated heterocycles. The maximum atomic E-state index is 10.4. The number of aliphatic hydroxyl groups is 2. The molecule has 1 saturated carbocycles. The predicted octanol–water partition coefficient (Wildman–Crippen LogP) is 4.11. The highest BCUT2D eigenvalue weighted by Crippen LogP contribution is 2.48. The zero-order valence-corrected chi connectivity index (χ0v) is 17.8. The van der Waals surface area contributed by atoms with Crippen LogP contribution in [0, 0.1) is 17.8 Å². The molecule has 0 amide bonds. The van der Waals surface area contributed by atoms with Crippen LogP contribution in [0.4, 0.5) is 0 Å². The van der Waals surface area contributed by atoms with Crippen LogP contribution in [0.15, 0.2) is 23.8 Å². The summed E-state index contributed by atoms with van der Waals surface area (Å²) >= 11 is 2.04. The average molecular weight is 382 g/mol. The van der Waals surface area contributed by atoms with Crippen LogP contribution < -0.4 is 0 Å². The molecule has 0 bridgehead atoms. The largest absolute Gasteiger partial charge is 0.392 e. The van der Waals surface area contributed by atoms with Crippen molar-refractivity contribution in [2.45, 2.75) is 64.1 Å². The van der Waals surface area contributed by atoms with E-state index < -0.39 is 0 Å². The van der Waals surface area contributed by atoms with E-state index in [1.165, 1.54) is 30.8 Å². The van der Waals surface area contributed by atoms with Crippen molar-refractivity contribution in [2.24, 2.45) is 17.8 Å². The Morgan fingerprint density at radius 2 is 2.12 bits per heavy atom. The molecular formula is C22H39NO2S. The van der Waals surface area contributed by atoms with Gasteiger partial charge in [0.2, 0.25) is 0 Å². The molecule has 4 heteroatoms. The molecule has 2 N–H and O–H groups in total. The van der Waals surface area contributed by atoms with E-state index in [0.717, 1.165) is 32.2 Å². The first-order valence-corrected chi connectivity index (χ1v) is 11.6. The van der Waals surface area contributed by atoms with Gasteiger partial charge in [0.15, 0.2) is 0 Å². The lowest BCUT2D eigenvalue weighted by atomic mass is 9.88. The molecule has 1 fully saturated rings. The maximum absolute atomic E-state index is 10.4. The van der Waals surface area contributed by atoms with E-state index in [9.17, 15) is 10.2 Å². The van der Waals surface area contributed by atoms with Crippen LogP contribution in [-0.2, 0) is 0 Å². The van der Waals surface area contributed by atoms with Crippen LogP contribution in [0.2, 0.25) is 0 Å². The Hall–Kier alpha value is -0.290. The number of rotatable bonds is 12. The quantitative estimate of drug-likeness (QED) is 0.394. The number of hydrogen-bond acceptors (Lipinski definition) is 4. The first kappa shape index (κ1) is 22.0. The van der Waals surface area contributed by atoms with E-state index in [4.69, 9.17) is 0 Å². The van der Waals surface area contributed by atoms with Gasteiger partial charge in [-0.2, -0.15) is 11.8 Å². The van der Waals surface area contributed by atoms with E-state index in [0.29, 0.717) is 11.8 Å². The van der Waals surface area contributed by atoms with Gasteiger partial charge < -0.3 is 15.1 Å². The van der Waals surface area contributed by atoms with Gasteiger partial charge in [-0.05, 0) is 57.4 Å². The molecule has 0 radical (unpaired) electrons. The Labute approximate surface area is 164 Å². The Balaban J connectivity index is 1.74. The van der Waals surface area contributed by atoms with Crippen LogP contribution in [0.5, 0.6) is 0 Å². The Morgan fingerprint density at radius 1 is 1.31 bits per heavy atom. The summed E-state index contributed by atoms with van der Waals surface area (Å²) in [6.45, 7) is 3.33. The van der Waals surface area contributed by atoms with Crippen molar-refractivity contribution in [1.29, 1.82) is 0 Å². The van der Waals surface area contributed by atoms with Gasteiger partial charge in [0.05, 0.1) is 12.2 Å². The first-order valence-electron chi connectivity index (χ1n) is 10.5. The highest BCUT2D eigenvalue weighted by atomic mass is 32.2. The second-order valence-corrected chi connectivity index (χ2v) is 9.58. The summed E-state index contributed by atoms with van der Waals surface area (Å²) in [5.41, 5.74) is 1.59. The zero-order chi connectivity index (χ0) is 18.9. The van der Waals surface area contributed by atoms with E-state index >= 15 is 0 Å². The van der Waals surface area contributed by atoms with Gasteiger partial charge in [-0.3, -0.25) is 0 Å². The van der Waals surface area contributed by atoms with Gasteiger partial charge in [-0.15, -0.1) is 0 Å². The van der Waals surface area contributed by atoms with Crippen LogP contribution in [0.1, 0.15) is 51.9 Å². The van der Waals surface area contributed by atoms with Crippen LogP contribution >= 0.6 is 11.8 Å². The summed E-state index contributed by atoms with van der Waals surface area (Å²) in [4.78, 5) is 2.24. The van der Waals surface area contributed by atoms with E-state index in [2.05, 4.69) is 38.1 Å². The van der Waals surface area contributed by atoms with Gasteiger partial charge in [0, 0.05) is 18.2 Å². The highest BCUT2D eigenvalue weighted by Gasteiger charge is 2.43. The molecule has 2 aliphatic rings. The van der Waals surface area contributed by atoms with Crippen molar-refractivity contribution >= 4 is 11.8 Å². The summed E-state index contributed by atoms with van der Waals surface area (Å²) in [5.74, 6) is 3.71. The topological polar surface area (TPSA) is 43.7 Å². The minimum Gasteiger partial charge on any atom is -0.392 e. The summed E-state index contributed by atoms with van der Waals surface area (Å²) in [6.07, 6.45) is 13.4. The van der Waals surface area contributed by atoms with Crippen molar-refractivity contribution in [3.05, 3.63) is 23.8 Å². The third-order valence-corrected chi connectivity index (χ3v) is 6.82. The first-order chi connectivity index (χ1) is 12.5. The fraction of sp³-hybridized carbons (Fsp3) is 0.818. The number of unbranched alkanes of at least 4 members (excludes halogenated alkanes) is 2. The minimum atomic E-state index is -0.352. The summed E-state index contributed by atoms with van der Waals surface area (Å²) < 4.78 is 0. The van der Waals surface area contributed by atoms with Crippen molar-refractivity contribution in [3.8, 4) is 0 Å². The van der Waals surface area contributed by atoms with Crippen molar-refractivity contribution in [3.63, 3.8) is 0 Å². The Morgan fingerprint density at radius 3 is 2.85 bits per heavy atom. The van der Waals surface area contributed by atoms with E-state index in [-0.39, 0.29) is 18.1 Å². The molecule has 0 unspecified atom stereocenters. The SMILES string of the molecule is CCCCC[C@H](O)C=C[C@@H]1[C@H]2CC(CCSCCN(C)C)=C[C@H]2C[C@H]1O. The van der Waals surface area contributed by atoms with Gasteiger partial charge >= 0.3 is 0 Å². The predicted molar refractivity (Wildman–Crippen MR) is 114 cm³/mol. The Kier molecular flexibility index (Phi) is 9.76. The lowest BCUT2D eigenvalue weighted by Gasteiger charge is -2.19. The molecule has 5 atom stereocenters. The summed E-state index contributed by atoms with van der Waals surface area (Å²) in [7, 11) is 4.25. The second-order valence-electron chi connectivity index (χ2n) is 8.35. The number of thioether (sulfide) groups is 1. The fourth-order valence-corrected chi connectivity index (χ4v) is 5.40. The standard InChI is InChI=1S/C22H39NO2S/c1-4-5-6-7-19(24)8-9-20-21-15-17(14-18(21)16-22(20)25)10-12-26-13-11-23(2)3/h8-9,14,18-22,24-25H,4-7,10-13,15-16H2,1-3H3/t18-,19-,20+,21-,22+/m0/s1. The molecule has 3 nitrogen and oxygen atoms in total. The van der Waals surface area contributed by atoms with Crippen molar-refractivity contribution in [1.82, 2.24) is 4.90 Å². The molecular weight excluding hydrogens is 342 g/mol. The Bertz CT molecular complexity index is 463. The van der Waals surface area contributed by atoms with Gasteiger partial charge in [0.25, 0.3) is 0 Å². The lowest BCUT2D eigenvalue weighted by Crippen LogP contribution is -2.18. The van der Waals surface area contributed by atoms with Gasteiger partial charge in [-0.25, -0.2) is 0 Å². The molecule has 0 aromatic rings. The third kappa shape index (κ3) is 7.03. The maximum Gasteiger partial charge on any atom is 0.0721 e. The smallest absolute Gasteiger partial charge is 0.0721 e. The monoisotopic (exact) mass is 381 g/mol. The van der Waals surface area contributed by atoms with Crippen molar-refractivity contribution in [2.75, 3.05) is 32.1 Å². The highest BCUT2D eigenvalue weighted by molar-refractivity contribution is 7.99. The molecule has 2 aliphatic carbocycles. The molecule has 150 valence electrons. The normalized spacial score (nSPS) is 29.5. The molecule has 2 rings (SSSR count). The minimum absolute atomic E-state index is 0.218. The molecule has 0 heterocycles. The molecule has 0 aliphatic heterocycles. The summed E-state index contributed by atoms with van der Waals surface area (Å²) in [6, 6.07) is 0. The van der Waals surface area contributed by atoms with E-state index in [1.54, 1.807) is 5.57 Å². The number of allylic oxidation sites excluding steroid dienone is 2. The molecule has 0 aromatic carbocycles. The molecule has 0 aromatic heterocycles. The van der Waals surface area contributed by atoms with Crippen LogP contribution in [-0.4, -0.2) is 59.5 Å². The van der Waals surface area contributed by atoms with E-state index in [1.807, 2.05) is 17.8 Å². The van der Waals surface area contributed by atoms with Gasteiger partial charge in [-0.1, -0.05) is 50.0 Å². The second kappa shape index (κ2) is 11.5. The fourth-order valence-electron chi connectivity index (χ4n) is 4.30. The number of fused-ring (bicyclic) bond motifs is 1. The summed E-state index contributed by atoms with van der Waals surface area (Å²) in [5, 5.41) is 20.6.